The monoisotopic (exact) mass is 363 g/mol. The number of ketones is 1. The summed E-state index contributed by atoms with van der Waals surface area (Å²) in [6.45, 7) is 0. The van der Waals surface area contributed by atoms with Crippen LogP contribution in [0.3, 0.4) is 0 Å². The Morgan fingerprint density at radius 2 is 2.12 bits per heavy atom. The molecule has 9 heteroatoms. The molecule has 0 spiro atoms. The Kier molecular flexibility index (Phi) is 4.78. The van der Waals surface area contributed by atoms with Gasteiger partial charge in [0.25, 0.3) is 0 Å². The van der Waals surface area contributed by atoms with Gasteiger partial charge in [-0.25, -0.2) is 4.79 Å². The van der Waals surface area contributed by atoms with Crippen LogP contribution in [-0.4, -0.2) is 69.0 Å². The lowest BCUT2D eigenvalue weighted by Gasteiger charge is -2.53. The second-order valence-corrected chi connectivity index (χ2v) is 6.49. The van der Waals surface area contributed by atoms with Gasteiger partial charge < -0.3 is 20.1 Å². The van der Waals surface area contributed by atoms with Crippen molar-refractivity contribution in [2.75, 3.05) is 7.11 Å². The maximum Gasteiger partial charge on any atom is 0.334 e. The fourth-order valence-electron chi connectivity index (χ4n) is 3.31. The molecule has 132 valence electrons. The van der Waals surface area contributed by atoms with Crippen molar-refractivity contribution in [1.82, 2.24) is 15.2 Å². The third-order valence-corrected chi connectivity index (χ3v) is 4.79. The molecule has 4 atom stereocenters. The van der Waals surface area contributed by atoms with Crippen LogP contribution in [0, 0.1) is 0 Å². The molecule has 4 unspecified atom stereocenters. The molecule has 0 bridgehead atoms. The Morgan fingerprint density at radius 1 is 1.44 bits per heavy atom. The third-order valence-electron chi connectivity index (χ3n) is 4.53. The topological polar surface area (TPSA) is 109 Å². The predicted octanol–water partition coefficient (Wildman–Crippen LogP) is -0.438. The second-order valence-electron chi connectivity index (χ2n) is 5.99. The van der Waals surface area contributed by atoms with Crippen LogP contribution in [0.2, 0.25) is 0 Å². The van der Waals surface area contributed by atoms with E-state index in [1.165, 1.54) is 7.11 Å². The molecule has 1 amide bonds. The standard InChI is InChI=1S/C16H17N3O5S/c1-24-10-7-9-12(15(21)19(9)13(14(10)20)16(22)23)18-11(25)6-8-2-4-17-5-3-8/h2-5,9-10,12-13H,6-7H2,1H3,(H,18,25)(H,22,23). The van der Waals surface area contributed by atoms with Crippen LogP contribution < -0.4 is 5.32 Å². The van der Waals surface area contributed by atoms with Crippen molar-refractivity contribution in [1.29, 1.82) is 0 Å². The predicted molar refractivity (Wildman–Crippen MR) is 89.9 cm³/mol. The number of pyridine rings is 1. The lowest BCUT2D eigenvalue weighted by molar-refractivity contribution is -0.179. The van der Waals surface area contributed by atoms with Crippen molar-refractivity contribution < 1.29 is 24.2 Å². The number of carboxylic acid groups (broad SMARTS) is 1. The molecular formula is C16H17N3O5S. The summed E-state index contributed by atoms with van der Waals surface area (Å²) in [5, 5.41) is 12.3. The highest BCUT2D eigenvalue weighted by molar-refractivity contribution is 7.80. The number of piperidine rings is 1. The maximum atomic E-state index is 12.4. The van der Waals surface area contributed by atoms with Gasteiger partial charge in [0.2, 0.25) is 5.91 Å². The number of β-lactam (4-membered cyclic amide) rings is 1. The van der Waals surface area contributed by atoms with Crippen LogP contribution in [0.25, 0.3) is 0 Å². The van der Waals surface area contributed by atoms with Gasteiger partial charge in [-0.3, -0.25) is 14.6 Å². The zero-order valence-corrected chi connectivity index (χ0v) is 14.2. The summed E-state index contributed by atoms with van der Waals surface area (Å²) in [6, 6.07) is 1.07. The van der Waals surface area contributed by atoms with E-state index in [9.17, 15) is 19.5 Å². The first-order chi connectivity index (χ1) is 11.9. The van der Waals surface area contributed by atoms with Crippen LogP contribution in [0.15, 0.2) is 24.5 Å². The zero-order valence-electron chi connectivity index (χ0n) is 13.4. The molecule has 25 heavy (non-hydrogen) atoms. The average Bonchev–Trinajstić information content (AvgIpc) is 2.60. The number of rotatable bonds is 5. The van der Waals surface area contributed by atoms with Crippen molar-refractivity contribution in [2.24, 2.45) is 0 Å². The number of hydrogen-bond acceptors (Lipinski definition) is 6. The number of aromatic nitrogens is 1. The van der Waals surface area contributed by atoms with E-state index in [0.29, 0.717) is 11.4 Å². The number of thiocarbonyl (C=S) groups is 1. The fourth-order valence-corrected chi connectivity index (χ4v) is 3.60. The highest BCUT2D eigenvalue weighted by atomic mass is 32.1. The fraction of sp³-hybridized carbons (Fsp3) is 0.438. The van der Waals surface area contributed by atoms with E-state index >= 15 is 0 Å². The number of fused-ring (bicyclic) bond motifs is 1. The first-order valence-electron chi connectivity index (χ1n) is 7.73. The molecule has 1 aromatic rings. The minimum absolute atomic E-state index is 0.250. The summed E-state index contributed by atoms with van der Waals surface area (Å²) in [5.41, 5.74) is 0.952. The molecule has 0 aromatic carbocycles. The number of nitrogens with one attached hydrogen (secondary N) is 1. The van der Waals surface area contributed by atoms with Crippen LogP contribution in [-0.2, 0) is 25.5 Å². The first-order valence-corrected chi connectivity index (χ1v) is 8.14. The van der Waals surface area contributed by atoms with E-state index < -0.39 is 41.9 Å². The Labute approximate surface area is 149 Å². The lowest BCUT2D eigenvalue weighted by atomic mass is 9.80. The number of carbonyl (C=O) groups excluding carboxylic acids is 2. The number of carboxylic acids is 1. The third kappa shape index (κ3) is 3.12. The van der Waals surface area contributed by atoms with Crippen LogP contribution in [0.5, 0.6) is 0 Å². The smallest absolute Gasteiger partial charge is 0.334 e. The highest BCUT2D eigenvalue weighted by Gasteiger charge is 2.59. The van der Waals surface area contributed by atoms with E-state index in [0.717, 1.165) is 10.5 Å². The van der Waals surface area contributed by atoms with Gasteiger partial charge in [-0.2, -0.15) is 0 Å². The van der Waals surface area contributed by atoms with Gasteiger partial charge in [0.05, 0.1) is 11.0 Å². The quantitative estimate of drug-likeness (QED) is 0.412. The van der Waals surface area contributed by atoms with Crippen molar-refractivity contribution in [3.8, 4) is 0 Å². The molecule has 0 radical (unpaired) electrons. The second kappa shape index (κ2) is 6.85. The van der Waals surface area contributed by atoms with Crippen LogP contribution in [0.4, 0.5) is 0 Å². The molecule has 0 aliphatic carbocycles. The molecule has 8 nitrogen and oxygen atoms in total. The summed E-state index contributed by atoms with van der Waals surface area (Å²) >= 11 is 5.30. The Bertz CT molecular complexity index is 726. The van der Waals surface area contributed by atoms with E-state index in [-0.39, 0.29) is 6.42 Å². The van der Waals surface area contributed by atoms with Crippen molar-refractivity contribution in [3.05, 3.63) is 30.1 Å². The summed E-state index contributed by atoms with van der Waals surface area (Å²) in [5.74, 6) is -2.38. The average molecular weight is 363 g/mol. The molecule has 2 N–H and O–H groups in total. The van der Waals surface area contributed by atoms with Gasteiger partial charge in [-0.05, 0) is 17.7 Å². The van der Waals surface area contributed by atoms with E-state index in [2.05, 4.69) is 10.3 Å². The largest absolute Gasteiger partial charge is 0.479 e. The molecule has 3 rings (SSSR count). The zero-order chi connectivity index (χ0) is 18.1. The molecule has 0 saturated carbocycles. The summed E-state index contributed by atoms with van der Waals surface area (Å²) in [6.07, 6.45) is 3.17. The van der Waals surface area contributed by atoms with Gasteiger partial charge in [0.15, 0.2) is 11.8 Å². The number of ether oxygens (including phenoxy) is 1. The maximum absolute atomic E-state index is 12.4. The lowest BCUT2D eigenvalue weighted by Crippen LogP contribution is -2.78. The van der Waals surface area contributed by atoms with E-state index in [1.807, 2.05) is 12.1 Å². The van der Waals surface area contributed by atoms with E-state index in [4.69, 9.17) is 17.0 Å². The van der Waals surface area contributed by atoms with E-state index in [1.54, 1.807) is 12.4 Å². The molecule has 2 aliphatic rings. The van der Waals surface area contributed by atoms with Crippen LogP contribution >= 0.6 is 12.2 Å². The number of aliphatic carboxylic acids is 1. The normalized spacial score (nSPS) is 28.1. The Balaban J connectivity index is 1.70. The molecule has 2 fully saturated rings. The highest BCUT2D eigenvalue weighted by Crippen LogP contribution is 2.33. The molecular weight excluding hydrogens is 346 g/mol. The van der Waals surface area contributed by atoms with Gasteiger partial charge in [-0.1, -0.05) is 12.2 Å². The summed E-state index contributed by atoms with van der Waals surface area (Å²) in [4.78, 5) is 41.5. The Hall–Kier alpha value is -2.39. The molecule has 2 saturated heterocycles. The van der Waals surface area contributed by atoms with Gasteiger partial charge >= 0.3 is 5.97 Å². The molecule has 1 aromatic heterocycles. The van der Waals surface area contributed by atoms with Crippen LogP contribution in [0.1, 0.15) is 12.0 Å². The number of carbonyl (C=O) groups is 3. The minimum Gasteiger partial charge on any atom is -0.479 e. The first kappa shape index (κ1) is 17.4. The number of hydrogen-bond donors (Lipinski definition) is 2. The summed E-state index contributed by atoms with van der Waals surface area (Å²) < 4.78 is 5.10. The van der Waals surface area contributed by atoms with Gasteiger partial charge in [-0.15, -0.1) is 0 Å². The number of methoxy groups -OCH3 is 1. The van der Waals surface area contributed by atoms with Crippen molar-refractivity contribution in [3.63, 3.8) is 0 Å². The van der Waals surface area contributed by atoms with Gasteiger partial charge in [0.1, 0.15) is 12.1 Å². The SMILES string of the molecule is COC1CC2C(NC(=S)Cc3ccncc3)C(=O)N2C(C(=O)O)C1=O. The number of nitrogens with zero attached hydrogens (tertiary/aromatic N) is 2. The van der Waals surface area contributed by atoms with Gasteiger partial charge in [0, 0.05) is 32.3 Å². The van der Waals surface area contributed by atoms with Crippen molar-refractivity contribution >= 4 is 34.9 Å². The molecule has 3 heterocycles. The van der Waals surface area contributed by atoms with Crippen molar-refractivity contribution in [2.45, 2.75) is 37.1 Å². The number of Topliss-reactive ketones (excluding diaryl/α,β-unsaturated/α-hetero) is 1. The Morgan fingerprint density at radius 3 is 2.72 bits per heavy atom. The molecule has 2 aliphatic heterocycles. The minimum atomic E-state index is -1.50. The number of amides is 1. The summed E-state index contributed by atoms with van der Waals surface area (Å²) in [7, 11) is 1.36.